The first-order valence-corrected chi connectivity index (χ1v) is 10.6. The van der Waals surface area contributed by atoms with E-state index in [1.807, 2.05) is 36.4 Å². The first kappa shape index (κ1) is 19.6. The zero-order chi connectivity index (χ0) is 22.0. The van der Waals surface area contributed by atoms with Gasteiger partial charge in [-0.15, -0.1) is 0 Å². The van der Waals surface area contributed by atoms with Crippen LogP contribution < -0.4 is 5.32 Å². The number of hydrogen-bond donors (Lipinski definition) is 2. The number of benzene rings is 2. The largest absolute Gasteiger partial charge is 0.506 e. The SMILES string of the molecule is CC1(C)C/C(=C/C2=C(O)C(=CC3=Nc4ccccc4C3(C)C)C2=O)Nc2ccccc21. The van der Waals surface area contributed by atoms with Crippen molar-refractivity contribution in [2.24, 2.45) is 4.99 Å². The maximum atomic E-state index is 12.9. The molecule has 0 aromatic heterocycles. The highest BCUT2D eigenvalue weighted by atomic mass is 16.3. The summed E-state index contributed by atoms with van der Waals surface area (Å²) in [7, 11) is 0. The molecule has 5 rings (SSSR count). The average molecular weight is 411 g/mol. The Morgan fingerprint density at radius 1 is 0.968 bits per heavy atom. The molecule has 0 fully saturated rings. The molecule has 0 atom stereocenters. The highest BCUT2D eigenvalue weighted by Crippen LogP contribution is 2.43. The third kappa shape index (κ3) is 2.97. The van der Waals surface area contributed by atoms with E-state index in [1.54, 1.807) is 12.2 Å². The summed E-state index contributed by atoms with van der Waals surface area (Å²) in [5.74, 6) is -0.0941. The first-order chi connectivity index (χ1) is 14.7. The van der Waals surface area contributed by atoms with E-state index in [0.29, 0.717) is 11.1 Å². The predicted octanol–water partition coefficient (Wildman–Crippen LogP) is 6.05. The van der Waals surface area contributed by atoms with Crippen molar-refractivity contribution in [1.29, 1.82) is 0 Å². The van der Waals surface area contributed by atoms with Crippen molar-refractivity contribution in [3.8, 4) is 0 Å². The number of hydrogen-bond acceptors (Lipinski definition) is 4. The standard InChI is InChI=1S/C27H26N2O2/c1-26(2)15-16(28-21-11-7-5-9-19(21)26)13-17-24(30)18(25(17)31)14-23-27(3,4)20-10-6-8-12-22(20)29-23/h5-14,28,30H,15H2,1-4H3/b16-13-,18-14?. The van der Waals surface area contributed by atoms with Crippen molar-refractivity contribution in [2.75, 3.05) is 5.32 Å². The molecule has 4 nitrogen and oxygen atoms in total. The number of aliphatic hydroxyl groups is 1. The molecular formula is C27H26N2O2. The van der Waals surface area contributed by atoms with E-state index in [4.69, 9.17) is 4.99 Å². The van der Waals surface area contributed by atoms with Gasteiger partial charge >= 0.3 is 0 Å². The third-order valence-corrected chi connectivity index (χ3v) is 6.64. The molecule has 3 aliphatic rings. The van der Waals surface area contributed by atoms with Gasteiger partial charge in [-0.05, 0) is 47.2 Å². The monoisotopic (exact) mass is 410 g/mol. The van der Waals surface area contributed by atoms with E-state index in [9.17, 15) is 9.90 Å². The predicted molar refractivity (Wildman–Crippen MR) is 125 cm³/mol. The Morgan fingerprint density at radius 2 is 1.65 bits per heavy atom. The molecule has 31 heavy (non-hydrogen) atoms. The second-order valence-electron chi connectivity index (χ2n) is 9.69. The molecule has 4 heteroatoms. The summed E-state index contributed by atoms with van der Waals surface area (Å²) < 4.78 is 0. The van der Waals surface area contributed by atoms with Gasteiger partial charge in [0.1, 0.15) is 5.76 Å². The van der Waals surface area contributed by atoms with Gasteiger partial charge < -0.3 is 10.4 Å². The number of fused-ring (bicyclic) bond motifs is 2. The average Bonchev–Trinajstić information content (AvgIpc) is 3.00. The minimum atomic E-state index is -0.309. The van der Waals surface area contributed by atoms with Crippen molar-refractivity contribution >= 4 is 22.9 Å². The zero-order valence-electron chi connectivity index (χ0n) is 18.3. The smallest absolute Gasteiger partial charge is 0.200 e. The highest BCUT2D eigenvalue weighted by molar-refractivity contribution is 6.24. The Morgan fingerprint density at radius 3 is 2.35 bits per heavy atom. The van der Waals surface area contributed by atoms with Crippen LogP contribution in [0.4, 0.5) is 11.4 Å². The van der Waals surface area contributed by atoms with Gasteiger partial charge in [-0.1, -0.05) is 64.1 Å². The lowest BCUT2D eigenvalue weighted by atomic mass is 9.75. The first-order valence-electron chi connectivity index (χ1n) is 10.6. The Kier molecular flexibility index (Phi) is 4.13. The summed E-state index contributed by atoms with van der Waals surface area (Å²) in [6.45, 7) is 8.57. The number of Topliss-reactive ketones (excluding diaryl/α,β-unsaturated/α-hetero) is 1. The lowest BCUT2D eigenvalue weighted by Crippen LogP contribution is -2.29. The van der Waals surface area contributed by atoms with Gasteiger partial charge in [-0.2, -0.15) is 0 Å². The molecule has 0 unspecified atom stereocenters. The number of nitrogens with zero attached hydrogens (tertiary/aromatic N) is 1. The summed E-state index contributed by atoms with van der Waals surface area (Å²) in [4.78, 5) is 17.6. The molecule has 2 aromatic carbocycles. The Hall–Kier alpha value is -3.40. The van der Waals surface area contributed by atoms with E-state index < -0.39 is 0 Å². The summed E-state index contributed by atoms with van der Waals surface area (Å²) in [6.07, 6.45) is 4.30. The van der Waals surface area contributed by atoms with Crippen LogP contribution in [-0.4, -0.2) is 16.6 Å². The lowest BCUT2D eigenvalue weighted by Gasteiger charge is -2.35. The number of allylic oxidation sites excluding steroid dienone is 5. The van der Waals surface area contributed by atoms with Crippen LogP contribution in [0, 0.1) is 0 Å². The normalized spacial score (nSPS) is 23.2. The zero-order valence-corrected chi connectivity index (χ0v) is 18.3. The van der Waals surface area contributed by atoms with E-state index in [2.05, 4.69) is 45.1 Å². The number of aliphatic hydroxyl groups excluding tert-OH is 1. The van der Waals surface area contributed by atoms with Gasteiger partial charge in [-0.25, -0.2) is 0 Å². The summed E-state index contributed by atoms with van der Waals surface area (Å²) in [5.41, 5.74) is 6.42. The second-order valence-corrected chi connectivity index (χ2v) is 9.69. The van der Waals surface area contributed by atoms with E-state index in [1.165, 1.54) is 5.56 Å². The van der Waals surface area contributed by atoms with Gasteiger partial charge in [-0.3, -0.25) is 9.79 Å². The summed E-state index contributed by atoms with van der Waals surface area (Å²) in [5, 5.41) is 14.1. The molecule has 0 saturated heterocycles. The second kappa shape index (κ2) is 6.55. The van der Waals surface area contributed by atoms with Gasteiger partial charge in [0.15, 0.2) is 0 Å². The van der Waals surface area contributed by atoms with Gasteiger partial charge in [0.25, 0.3) is 0 Å². The Balaban J connectivity index is 1.47. The number of nitrogens with one attached hydrogen (secondary N) is 1. The molecule has 156 valence electrons. The fourth-order valence-electron chi connectivity index (χ4n) is 4.80. The number of para-hydroxylation sites is 2. The molecule has 2 aromatic rings. The number of rotatable bonds is 2. The number of ketones is 1. The van der Waals surface area contributed by atoms with Crippen LogP contribution in [0.1, 0.15) is 45.2 Å². The van der Waals surface area contributed by atoms with Crippen LogP contribution in [0.25, 0.3) is 0 Å². The van der Waals surface area contributed by atoms with Crippen LogP contribution in [0.15, 0.2) is 88.3 Å². The topological polar surface area (TPSA) is 61.7 Å². The van der Waals surface area contributed by atoms with Crippen LogP contribution in [0.2, 0.25) is 0 Å². The minimum Gasteiger partial charge on any atom is -0.506 e. The van der Waals surface area contributed by atoms with Gasteiger partial charge in [0.05, 0.1) is 22.5 Å². The molecule has 2 aliphatic heterocycles. The fourth-order valence-corrected chi connectivity index (χ4v) is 4.80. The van der Waals surface area contributed by atoms with E-state index >= 15 is 0 Å². The number of carbonyl (C=O) groups excluding carboxylic acids is 1. The minimum absolute atomic E-state index is 0.0467. The Bertz CT molecular complexity index is 1260. The Labute approximate surface area is 182 Å². The maximum Gasteiger partial charge on any atom is 0.200 e. The molecule has 0 radical (unpaired) electrons. The van der Waals surface area contributed by atoms with Gasteiger partial charge in [0.2, 0.25) is 5.78 Å². The molecule has 0 bridgehead atoms. The van der Waals surface area contributed by atoms with Gasteiger partial charge in [0, 0.05) is 16.8 Å². The van der Waals surface area contributed by atoms with E-state index in [0.717, 1.165) is 34.8 Å². The van der Waals surface area contributed by atoms with Crippen molar-refractivity contribution in [3.05, 3.63) is 94.4 Å². The van der Waals surface area contributed by atoms with Crippen LogP contribution in [-0.2, 0) is 15.6 Å². The number of aliphatic imine (C=N–C) groups is 1. The molecule has 2 N–H and O–H groups in total. The molecular weight excluding hydrogens is 384 g/mol. The molecule has 0 spiro atoms. The van der Waals surface area contributed by atoms with Crippen LogP contribution >= 0.6 is 0 Å². The number of carbonyl (C=O) groups is 1. The van der Waals surface area contributed by atoms with Crippen molar-refractivity contribution in [1.82, 2.24) is 0 Å². The van der Waals surface area contributed by atoms with Crippen LogP contribution in [0.5, 0.6) is 0 Å². The summed E-state index contributed by atoms with van der Waals surface area (Å²) >= 11 is 0. The van der Waals surface area contributed by atoms with Crippen molar-refractivity contribution in [3.63, 3.8) is 0 Å². The fraction of sp³-hybridized carbons (Fsp3) is 0.259. The quantitative estimate of drug-likeness (QED) is 0.593. The molecule has 1 aliphatic carbocycles. The molecule has 0 amide bonds. The highest BCUT2D eigenvalue weighted by Gasteiger charge is 2.39. The van der Waals surface area contributed by atoms with Crippen molar-refractivity contribution in [2.45, 2.75) is 44.9 Å². The van der Waals surface area contributed by atoms with Crippen LogP contribution in [0.3, 0.4) is 0 Å². The summed E-state index contributed by atoms with van der Waals surface area (Å²) in [6, 6.07) is 16.2. The third-order valence-electron chi connectivity index (χ3n) is 6.64. The van der Waals surface area contributed by atoms with E-state index in [-0.39, 0.29) is 22.4 Å². The maximum absolute atomic E-state index is 12.9. The molecule has 0 saturated carbocycles. The molecule has 2 heterocycles. The number of anilines is 1. The van der Waals surface area contributed by atoms with Crippen molar-refractivity contribution < 1.29 is 9.90 Å². The lowest BCUT2D eigenvalue weighted by molar-refractivity contribution is -0.113.